The third-order valence-corrected chi connectivity index (χ3v) is 2.12. The lowest BCUT2D eigenvalue weighted by Crippen LogP contribution is -2.47. The number of ether oxygens (including phenoxy) is 1. The number of aliphatic hydroxyl groups is 1. The fourth-order valence-corrected chi connectivity index (χ4v) is 1.74. The Kier molecular flexibility index (Phi) is 2.91. The molecule has 0 saturated heterocycles. The van der Waals surface area contributed by atoms with Gasteiger partial charge in [0, 0.05) is 19.4 Å². The minimum Gasteiger partial charge on any atom is -0.386 e. The zero-order valence-electron chi connectivity index (χ0n) is 8.13. The van der Waals surface area contributed by atoms with Crippen molar-refractivity contribution in [3.63, 3.8) is 0 Å². The van der Waals surface area contributed by atoms with Crippen molar-refractivity contribution >= 4 is 0 Å². The smallest absolute Gasteiger partial charge is 0.0879 e. The summed E-state index contributed by atoms with van der Waals surface area (Å²) in [6.07, 6.45) is 3.72. The van der Waals surface area contributed by atoms with Gasteiger partial charge in [-0.3, -0.25) is 0 Å². The van der Waals surface area contributed by atoms with Gasteiger partial charge in [-0.2, -0.15) is 0 Å². The first-order valence-corrected chi connectivity index (χ1v) is 4.56. The molecule has 1 rings (SSSR count). The first-order valence-electron chi connectivity index (χ1n) is 4.56. The van der Waals surface area contributed by atoms with Gasteiger partial charge in [-0.1, -0.05) is 11.6 Å². The molecule has 0 atom stereocenters. The highest BCUT2D eigenvalue weighted by Gasteiger charge is 2.41. The van der Waals surface area contributed by atoms with Crippen molar-refractivity contribution in [1.29, 1.82) is 0 Å². The van der Waals surface area contributed by atoms with E-state index >= 15 is 0 Å². The second kappa shape index (κ2) is 3.58. The molecule has 0 aliphatic heterocycles. The van der Waals surface area contributed by atoms with Gasteiger partial charge in [-0.25, -0.2) is 0 Å². The van der Waals surface area contributed by atoms with Crippen molar-refractivity contribution in [3.05, 3.63) is 11.6 Å². The minimum atomic E-state index is -0.571. The van der Waals surface area contributed by atoms with Gasteiger partial charge in [-0.15, -0.1) is 0 Å². The summed E-state index contributed by atoms with van der Waals surface area (Å²) in [6.45, 7) is 6.74. The highest BCUT2D eigenvalue weighted by molar-refractivity contribution is 5.13. The molecule has 1 fully saturated rings. The Morgan fingerprint density at radius 1 is 1.58 bits per heavy atom. The monoisotopic (exact) mass is 170 g/mol. The van der Waals surface area contributed by atoms with Crippen molar-refractivity contribution in [2.24, 2.45) is 0 Å². The molecule has 0 aromatic heterocycles. The van der Waals surface area contributed by atoms with E-state index in [-0.39, 0.29) is 6.10 Å². The lowest BCUT2D eigenvalue weighted by molar-refractivity contribution is -0.109. The molecule has 0 heterocycles. The van der Waals surface area contributed by atoms with Crippen molar-refractivity contribution < 1.29 is 9.84 Å². The van der Waals surface area contributed by atoms with Gasteiger partial charge in [0.1, 0.15) is 0 Å². The van der Waals surface area contributed by atoms with Crippen LogP contribution in [0.15, 0.2) is 11.6 Å². The first-order chi connectivity index (χ1) is 5.56. The predicted molar refractivity (Wildman–Crippen MR) is 49.0 cm³/mol. The maximum Gasteiger partial charge on any atom is 0.0879 e. The summed E-state index contributed by atoms with van der Waals surface area (Å²) in [4.78, 5) is 0. The van der Waals surface area contributed by atoms with Crippen LogP contribution in [0.5, 0.6) is 0 Å². The van der Waals surface area contributed by atoms with Crippen LogP contribution in [-0.4, -0.2) is 23.4 Å². The van der Waals surface area contributed by atoms with Crippen LogP contribution >= 0.6 is 0 Å². The summed E-state index contributed by atoms with van der Waals surface area (Å²) in [6, 6.07) is 0. The van der Waals surface area contributed by atoms with Crippen LogP contribution in [0.2, 0.25) is 0 Å². The lowest BCUT2D eigenvalue weighted by Gasteiger charge is -2.41. The molecule has 2 nitrogen and oxygen atoms in total. The Morgan fingerprint density at radius 2 is 2.17 bits per heavy atom. The molecule has 0 aromatic carbocycles. The van der Waals surface area contributed by atoms with Crippen molar-refractivity contribution in [1.82, 2.24) is 0 Å². The summed E-state index contributed by atoms with van der Waals surface area (Å²) in [7, 11) is 0. The van der Waals surface area contributed by atoms with E-state index in [1.54, 1.807) is 0 Å². The summed E-state index contributed by atoms with van der Waals surface area (Å²) in [5, 5.41) is 9.82. The largest absolute Gasteiger partial charge is 0.386 e. The molecular formula is C10H18O2. The summed E-state index contributed by atoms with van der Waals surface area (Å²) in [5.74, 6) is 0. The molecular weight excluding hydrogens is 152 g/mol. The third kappa shape index (κ3) is 2.32. The Bertz CT molecular complexity index is 174. The van der Waals surface area contributed by atoms with E-state index in [0.29, 0.717) is 0 Å². The predicted octanol–water partition coefficient (Wildman–Crippen LogP) is 1.88. The van der Waals surface area contributed by atoms with Crippen molar-refractivity contribution in [3.8, 4) is 0 Å². The second-order valence-corrected chi connectivity index (χ2v) is 3.81. The van der Waals surface area contributed by atoms with Gasteiger partial charge in [0.25, 0.3) is 0 Å². The van der Waals surface area contributed by atoms with Crippen molar-refractivity contribution in [2.75, 3.05) is 6.61 Å². The van der Waals surface area contributed by atoms with Crippen molar-refractivity contribution in [2.45, 2.75) is 45.3 Å². The average molecular weight is 170 g/mol. The molecule has 1 N–H and O–H groups in total. The maximum atomic E-state index is 9.82. The van der Waals surface area contributed by atoms with Gasteiger partial charge >= 0.3 is 0 Å². The molecule has 0 aromatic rings. The fraction of sp³-hybridized carbons (Fsp3) is 0.800. The van der Waals surface area contributed by atoms with Crippen LogP contribution in [0.4, 0.5) is 0 Å². The Hall–Kier alpha value is -0.340. The lowest BCUT2D eigenvalue weighted by atomic mass is 9.76. The number of rotatable bonds is 3. The molecule has 0 unspecified atom stereocenters. The quantitative estimate of drug-likeness (QED) is 0.655. The topological polar surface area (TPSA) is 29.5 Å². The Labute approximate surface area is 74.2 Å². The Balaban J connectivity index is 2.35. The first kappa shape index (κ1) is 9.75. The van der Waals surface area contributed by atoms with Gasteiger partial charge in [-0.05, 0) is 20.8 Å². The molecule has 0 bridgehead atoms. The van der Waals surface area contributed by atoms with Gasteiger partial charge in [0.2, 0.25) is 0 Å². The molecule has 2 heteroatoms. The van der Waals surface area contributed by atoms with Gasteiger partial charge < -0.3 is 9.84 Å². The number of hydrogen-bond donors (Lipinski definition) is 1. The van der Waals surface area contributed by atoms with Crippen LogP contribution in [0, 0.1) is 0 Å². The number of allylic oxidation sites excluding steroid dienone is 1. The SMILES string of the molecule is CCOC1CC(O)(C=C(C)C)C1. The standard InChI is InChI=1S/C10H18O2/c1-4-12-9-6-10(11,7-9)5-8(2)3/h5,9,11H,4,6-7H2,1-3H3. The molecule has 1 saturated carbocycles. The van der Waals surface area contributed by atoms with E-state index in [4.69, 9.17) is 4.74 Å². The zero-order valence-corrected chi connectivity index (χ0v) is 8.13. The third-order valence-electron chi connectivity index (χ3n) is 2.12. The molecule has 1 aliphatic carbocycles. The average Bonchev–Trinajstić information content (AvgIpc) is 1.82. The van der Waals surface area contributed by atoms with E-state index in [9.17, 15) is 5.11 Å². The molecule has 0 spiro atoms. The zero-order chi connectivity index (χ0) is 9.19. The van der Waals surface area contributed by atoms with E-state index in [1.165, 1.54) is 5.57 Å². The van der Waals surface area contributed by atoms with E-state index in [2.05, 4.69) is 0 Å². The normalized spacial score (nSPS) is 34.2. The van der Waals surface area contributed by atoms with Crippen LogP contribution in [0.25, 0.3) is 0 Å². The van der Waals surface area contributed by atoms with E-state index in [1.807, 2.05) is 26.8 Å². The highest BCUT2D eigenvalue weighted by Crippen LogP contribution is 2.36. The summed E-state index contributed by atoms with van der Waals surface area (Å²) >= 11 is 0. The van der Waals surface area contributed by atoms with Crippen LogP contribution < -0.4 is 0 Å². The van der Waals surface area contributed by atoms with E-state index in [0.717, 1.165) is 19.4 Å². The fourth-order valence-electron chi connectivity index (χ4n) is 1.74. The van der Waals surface area contributed by atoms with Crippen LogP contribution in [-0.2, 0) is 4.74 Å². The molecule has 0 amide bonds. The summed E-state index contributed by atoms with van der Waals surface area (Å²) < 4.78 is 5.37. The van der Waals surface area contributed by atoms with E-state index < -0.39 is 5.60 Å². The minimum absolute atomic E-state index is 0.274. The number of hydrogen-bond acceptors (Lipinski definition) is 2. The molecule has 12 heavy (non-hydrogen) atoms. The van der Waals surface area contributed by atoms with Crippen LogP contribution in [0.3, 0.4) is 0 Å². The highest BCUT2D eigenvalue weighted by atomic mass is 16.5. The Morgan fingerprint density at radius 3 is 2.58 bits per heavy atom. The molecule has 1 aliphatic rings. The molecule has 70 valence electrons. The van der Waals surface area contributed by atoms with Gasteiger partial charge in [0.05, 0.1) is 11.7 Å². The van der Waals surface area contributed by atoms with Crippen LogP contribution in [0.1, 0.15) is 33.6 Å². The maximum absolute atomic E-state index is 9.82. The van der Waals surface area contributed by atoms with Gasteiger partial charge in [0.15, 0.2) is 0 Å². The molecule has 0 radical (unpaired) electrons. The second-order valence-electron chi connectivity index (χ2n) is 3.81. The summed E-state index contributed by atoms with van der Waals surface area (Å²) in [5.41, 5.74) is 0.603.